The van der Waals surface area contributed by atoms with E-state index in [2.05, 4.69) is 4.98 Å². The van der Waals surface area contributed by atoms with Gasteiger partial charge in [-0.2, -0.15) is 13.2 Å². The second kappa shape index (κ2) is 6.95. The quantitative estimate of drug-likeness (QED) is 0.663. The maximum atomic E-state index is 13.0. The monoisotopic (exact) mass is 367 g/mol. The zero-order chi connectivity index (χ0) is 18.0. The van der Waals surface area contributed by atoms with Crippen molar-refractivity contribution in [1.82, 2.24) is 4.98 Å². The van der Waals surface area contributed by atoms with Crippen LogP contribution in [0.25, 0.3) is 0 Å². The number of benzene rings is 1. The fourth-order valence-electron chi connectivity index (χ4n) is 2.86. The summed E-state index contributed by atoms with van der Waals surface area (Å²) in [4.78, 5) is 17.9. The van der Waals surface area contributed by atoms with Gasteiger partial charge in [-0.05, 0) is 36.6 Å². The number of hydrogen-bond donors (Lipinski definition) is 1. The minimum atomic E-state index is -4.50. The van der Waals surface area contributed by atoms with Crippen LogP contribution >= 0.6 is 11.8 Å². The fraction of sp³-hybridized carbons (Fsp3) is 0.294. The maximum absolute atomic E-state index is 13.0. The molecule has 2 aromatic rings. The standard InChI is InChI=1S/C17H16F3N3OS/c18-17(19,20)12-6-2-8-22-16(12)25-10-14(24)23-9-3-5-11-4-1-7-13(21)15(11)23/h1-2,4,6-8H,3,5,9-10,21H2. The topological polar surface area (TPSA) is 59.2 Å². The van der Waals surface area contributed by atoms with Gasteiger partial charge in [0.25, 0.3) is 0 Å². The molecule has 1 amide bonds. The number of aromatic nitrogens is 1. The van der Waals surface area contributed by atoms with E-state index in [0.29, 0.717) is 17.9 Å². The van der Waals surface area contributed by atoms with Gasteiger partial charge in [0.05, 0.1) is 22.7 Å². The summed E-state index contributed by atoms with van der Waals surface area (Å²) in [5.41, 5.74) is 7.33. The molecule has 0 saturated heterocycles. The lowest BCUT2D eigenvalue weighted by Gasteiger charge is -2.30. The van der Waals surface area contributed by atoms with E-state index in [1.54, 1.807) is 11.0 Å². The Bertz CT molecular complexity index is 795. The van der Waals surface area contributed by atoms with Crippen LogP contribution < -0.4 is 10.6 Å². The van der Waals surface area contributed by atoms with E-state index in [4.69, 9.17) is 5.73 Å². The Morgan fingerprint density at radius 1 is 1.28 bits per heavy atom. The largest absolute Gasteiger partial charge is 0.419 e. The van der Waals surface area contributed by atoms with Gasteiger partial charge in [-0.3, -0.25) is 4.79 Å². The molecule has 1 aromatic carbocycles. The molecule has 1 aliphatic rings. The Hall–Kier alpha value is -2.22. The third-order valence-electron chi connectivity index (χ3n) is 3.96. The average molecular weight is 367 g/mol. The van der Waals surface area contributed by atoms with Gasteiger partial charge in [0, 0.05) is 12.7 Å². The molecule has 1 aromatic heterocycles. The Morgan fingerprint density at radius 2 is 2.08 bits per heavy atom. The number of rotatable bonds is 3. The van der Waals surface area contributed by atoms with Gasteiger partial charge in [0.2, 0.25) is 5.91 Å². The molecular formula is C17H16F3N3OS. The van der Waals surface area contributed by atoms with Gasteiger partial charge in [-0.15, -0.1) is 0 Å². The van der Waals surface area contributed by atoms with Gasteiger partial charge in [-0.25, -0.2) is 4.98 Å². The molecule has 2 N–H and O–H groups in total. The van der Waals surface area contributed by atoms with Gasteiger partial charge in [-0.1, -0.05) is 23.9 Å². The molecule has 0 unspecified atom stereocenters. The van der Waals surface area contributed by atoms with Crippen LogP contribution in [0.2, 0.25) is 0 Å². The summed E-state index contributed by atoms with van der Waals surface area (Å²) in [7, 11) is 0. The summed E-state index contributed by atoms with van der Waals surface area (Å²) in [5.74, 6) is -0.406. The van der Waals surface area contributed by atoms with Crippen LogP contribution in [0.4, 0.5) is 24.5 Å². The Balaban J connectivity index is 1.78. The number of pyridine rings is 1. The van der Waals surface area contributed by atoms with Crippen molar-refractivity contribution in [2.45, 2.75) is 24.0 Å². The first-order valence-electron chi connectivity index (χ1n) is 7.70. The van der Waals surface area contributed by atoms with Crippen molar-refractivity contribution in [2.75, 3.05) is 22.9 Å². The predicted molar refractivity (Wildman–Crippen MR) is 91.5 cm³/mol. The van der Waals surface area contributed by atoms with Gasteiger partial charge in [0.1, 0.15) is 5.03 Å². The number of nitrogens with zero attached hydrogens (tertiary/aromatic N) is 2. The second-order valence-corrected chi connectivity index (χ2v) is 6.61. The number of nitrogen functional groups attached to an aromatic ring is 1. The number of anilines is 2. The van der Waals surface area contributed by atoms with Crippen LogP contribution in [0, 0.1) is 0 Å². The number of fused-ring (bicyclic) bond motifs is 1. The molecule has 4 nitrogen and oxygen atoms in total. The molecule has 0 aliphatic carbocycles. The number of alkyl halides is 3. The number of aryl methyl sites for hydroxylation is 1. The van der Waals surface area contributed by atoms with Gasteiger partial charge in [0.15, 0.2) is 0 Å². The number of amides is 1. The highest BCUT2D eigenvalue weighted by Crippen LogP contribution is 2.36. The molecule has 1 aliphatic heterocycles. The lowest BCUT2D eigenvalue weighted by molar-refractivity contribution is -0.140. The minimum absolute atomic E-state index is 0.131. The third-order valence-corrected chi connectivity index (χ3v) is 4.95. The summed E-state index contributed by atoms with van der Waals surface area (Å²) < 4.78 is 39.0. The van der Waals surface area contributed by atoms with Crippen molar-refractivity contribution in [3.63, 3.8) is 0 Å². The molecule has 0 spiro atoms. The maximum Gasteiger partial charge on any atom is 0.419 e. The zero-order valence-electron chi connectivity index (χ0n) is 13.2. The van der Waals surface area contributed by atoms with E-state index in [-0.39, 0.29) is 16.7 Å². The molecular weight excluding hydrogens is 351 g/mol. The SMILES string of the molecule is Nc1cccc2c1N(C(=O)CSc1ncccc1C(F)(F)F)CCC2. The molecule has 0 radical (unpaired) electrons. The highest BCUT2D eigenvalue weighted by molar-refractivity contribution is 8.00. The van der Waals surface area contributed by atoms with E-state index in [9.17, 15) is 18.0 Å². The van der Waals surface area contributed by atoms with Crippen molar-refractivity contribution in [1.29, 1.82) is 0 Å². The Labute approximate surface area is 147 Å². The molecule has 0 saturated carbocycles. The molecule has 2 heterocycles. The molecule has 3 rings (SSSR count). The zero-order valence-corrected chi connectivity index (χ0v) is 14.0. The number of hydrogen-bond acceptors (Lipinski definition) is 4. The van der Waals surface area contributed by atoms with Crippen LogP contribution in [0.5, 0.6) is 0 Å². The lowest BCUT2D eigenvalue weighted by atomic mass is 10.0. The molecule has 0 atom stereocenters. The second-order valence-electron chi connectivity index (χ2n) is 5.65. The van der Waals surface area contributed by atoms with E-state index in [1.807, 2.05) is 12.1 Å². The van der Waals surface area contributed by atoms with Crippen LogP contribution in [-0.2, 0) is 17.4 Å². The normalized spacial score (nSPS) is 14.3. The molecule has 8 heteroatoms. The Kier molecular flexibility index (Phi) is 4.89. The van der Waals surface area contributed by atoms with E-state index in [0.717, 1.165) is 36.2 Å². The predicted octanol–water partition coefficient (Wildman–Crippen LogP) is 3.75. The van der Waals surface area contributed by atoms with Crippen LogP contribution in [0.3, 0.4) is 0 Å². The summed E-state index contributed by atoms with van der Waals surface area (Å²) in [6.07, 6.45) is -1.59. The van der Waals surface area contributed by atoms with Crippen LogP contribution in [-0.4, -0.2) is 23.2 Å². The number of carbonyl (C=O) groups is 1. The highest BCUT2D eigenvalue weighted by Gasteiger charge is 2.34. The van der Waals surface area contributed by atoms with E-state index in [1.165, 1.54) is 12.3 Å². The van der Waals surface area contributed by atoms with E-state index >= 15 is 0 Å². The number of nitrogens with two attached hydrogens (primary N) is 1. The van der Waals surface area contributed by atoms with Gasteiger partial charge < -0.3 is 10.6 Å². The summed E-state index contributed by atoms with van der Waals surface area (Å²) >= 11 is 0.793. The molecule has 0 fully saturated rings. The van der Waals surface area contributed by atoms with Crippen molar-refractivity contribution in [3.8, 4) is 0 Å². The minimum Gasteiger partial charge on any atom is -0.397 e. The summed E-state index contributed by atoms with van der Waals surface area (Å²) in [6.45, 7) is 0.509. The smallest absolute Gasteiger partial charge is 0.397 e. The van der Waals surface area contributed by atoms with Crippen molar-refractivity contribution >= 4 is 29.0 Å². The molecule has 25 heavy (non-hydrogen) atoms. The molecule has 0 bridgehead atoms. The van der Waals surface area contributed by atoms with Crippen molar-refractivity contribution in [2.24, 2.45) is 0 Å². The molecule has 132 valence electrons. The van der Waals surface area contributed by atoms with E-state index < -0.39 is 11.7 Å². The number of para-hydroxylation sites is 1. The number of halogens is 3. The highest BCUT2D eigenvalue weighted by atomic mass is 32.2. The lowest BCUT2D eigenvalue weighted by Crippen LogP contribution is -2.37. The first kappa shape index (κ1) is 17.6. The van der Waals surface area contributed by atoms with Crippen LogP contribution in [0.1, 0.15) is 17.5 Å². The fourth-order valence-corrected chi connectivity index (χ4v) is 3.75. The third kappa shape index (κ3) is 3.73. The van der Waals surface area contributed by atoms with Crippen molar-refractivity contribution < 1.29 is 18.0 Å². The average Bonchev–Trinajstić information content (AvgIpc) is 2.59. The first-order valence-corrected chi connectivity index (χ1v) is 8.69. The van der Waals surface area contributed by atoms with Crippen LogP contribution in [0.15, 0.2) is 41.6 Å². The Morgan fingerprint density at radius 3 is 2.84 bits per heavy atom. The summed E-state index contributed by atoms with van der Waals surface area (Å²) in [5, 5.41) is -0.193. The first-order chi connectivity index (χ1) is 11.9. The number of thioether (sulfide) groups is 1. The number of carbonyl (C=O) groups excluding carboxylic acids is 1. The van der Waals surface area contributed by atoms with Gasteiger partial charge >= 0.3 is 6.18 Å². The van der Waals surface area contributed by atoms with Crippen molar-refractivity contribution in [3.05, 3.63) is 47.7 Å². The summed E-state index contributed by atoms with van der Waals surface area (Å²) in [6, 6.07) is 7.67.